The summed E-state index contributed by atoms with van der Waals surface area (Å²) in [7, 11) is 0. The summed E-state index contributed by atoms with van der Waals surface area (Å²) >= 11 is 0. The Morgan fingerprint density at radius 3 is 1.43 bits per heavy atom. The zero-order valence-corrected chi connectivity index (χ0v) is 6.27. The summed E-state index contributed by atoms with van der Waals surface area (Å²) in [6, 6.07) is 0. The first kappa shape index (κ1) is 10.4. The molecule has 0 saturated carbocycles. The Balaban J connectivity index is 0. The van der Waals surface area contributed by atoms with Gasteiger partial charge in [-0.3, -0.25) is 0 Å². The molecule has 0 N–H and O–H groups in total. The van der Waals surface area contributed by atoms with E-state index in [-0.39, 0.29) is 27.8 Å². The van der Waals surface area contributed by atoms with Crippen LogP contribution in [0.25, 0.3) is 0 Å². The summed E-state index contributed by atoms with van der Waals surface area (Å²) < 4.78 is 0. The minimum Gasteiger partial charge on any atom is -0.303 e. The maximum atomic E-state index is 9.83. The van der Waals surface area contributed by atoms with Gasteiger partial charge in [0.15, 0.2) is 0 Å². The number of carbonyl (C=O) groups is 1. The van der Waals surface area contributed by atoms with Crippen LogP contribution in [0.5, 0.6) is 0 Å². The van der Waals surface area contributed by atoms with Crippen LogP contribution in [0.15, 0.2) is 0 Å². The first-order chi connectivity index (χ1) is 2.56. The fourth-order valence-corrected chi connectivity index (χ4v) is 0. The van der Waals surface area contributed by atoms with Gasteiger partial charge in [-0.2, -0.15) is 0 Å². The van der Waals surface area contributed by atoms with Gasteiger partial charge in [-0.15, -0.1) is 0 Å². The minimum atomic E-state index is -0.139. The van der Waals surface area contributed by atoms with E-state index >= 15 is 0 Å². The summed E-state index contributed by atoms with van der Waals surface area (Å²) in [5.74, 6) is 0. The van der Waals surface area contributed by atoms with Gasteiger partial charge >= 0.3 is 0 Å². The normalized spacial score (nSPS) is 9.57. The molecule has 0 atom stereocenters. The van der Waals surface area contributed by atoms with Gasteiger partial charge in [-0.1, -0.05) is 20.8 Å². The molecule has 0 spiro atoms. The Morgan fingerprint density at radius 2 is 1.43 bits per heavy atom. The van der Waals surface area contributed by atoms with E-state index in [4.69, 9.17) is 0 Å². The van der Waals surface area contributed by atoms with Crippen LogP contribution in [-0.4, -0.2) is 6.29 Å². The summed E-state index contributed by atoms with van der Waals surface area (Å²) in [5.41, 5.74) is -0.139. The molecule has 0 aliphatic carbocycles. The molecule has 0 unspecified atom stereocenters. The van der Waals surface area contributed by atoms with Crippen molar-refractivity contribution in [2.75, 3.05) is 0 Å². The zero-order valence-electron chi connectivity index (χ0n) is 4.79. The monoisotopic (exact) mass is 193 g/mol. The van der Waals surface area contributed by atoms with Crippen LogP contribution in [0.4, 0.5) is 0 Å². The Hall–Kier alpha value is 0.410. The van der Waals surface area contributed by atoms with Crippen molar-refractivity contribution < 1.29 is 27.2 Å². The molecule has 1 radical (unpaired) electrons. The van der Waals surface area contributed by atoms with Gasteiger partial charge in [-0.05, 0) is 0 Å². The second kappa shape index (κ2) is 3.42. The van der Waals surface area contributed by atoms with E-state index in [1.54, 1.807) is 0 Å². The van der Waals surface area contributed by atoms with Crippen molar-refractivity contribution >= 4 is 6.29 Å². The van der Waals surface area contributed by atoms with Crippen molar-refractivity contribution in [1.29, 1.82) is 0 Å². The summed E-state index contributed by atoms with van der Waals surface area (Å²) in [6.07, 6.45) is 0.938. The van der Waals surface area contributed by atoms with Crippen LogP contribution >= 0.6 is 0 Å². The van der Waals surface area contributed by atoms with E-state index in [1.807, 2.05) is 20.8 Å². The van der Waals surface area contributed by atoms with Crippen LogP contribution in [0.3, 0.4) is 0 Å². The van der Waals surface area contributed by atoms with Crippen LogP contribution in [0.1, 0.15) is 20.8 Å². The Kier molecular flexibility index (Phi) is 5.08. The third-order valence-electron chi connectivity index (χ3n) is 0.354. The molecule has 0 heterocycles. The molecule has 2 heteroatoms. The van der Waals surface area contributed by atoms with Gasteiger partial charge in [0.25, 0.3) is 0 Å². The minimum absolute atomic E-state index is 0. The fourth-order valence-electron chi connectivity index (χ4n) is 0. The van der Waals surface area contributed by atoms with E-state index in [0.717, 1.165) is 6.29 Å². The molecule has 0 aromatic heterocycles. The van der Waals surface area contributed by atoms with Gasteiger partial charge in [0, 0.05) is 27.8 Å². The van der Waals surface area contributed by atoms with Crippen LogP contribution in [-0.2, 0) is 27.2 Å². The molecule has 0 aromatic rings. The quantitative estimate of drug-likeness (QED) is 0.418. The summed E-state index contributed by atoms with van der Waals surface area (Å²) in [4.78, 5) is 9.83. The molecule has 0 bridgehead atoms. The summed E-state index contributed by atoms with van der Waals surface area (Å²) in [6.45, 7) is 5.62. The number of carbonyl (C=O) groups excluding carboxylic acids is 1. The molecular weight excluding hydrogens is 184 g/mol. The Labute approximate surface area is 60.0 Å². The molecule has 0 fully saturated rings. The predicted octanol–water partition coefficient (Wildman–Crippen LogP) is 1.23. The third-order valence-corrected chi connectivity index (χ3v) is 0.354. The van der Waals surface area contributed by atoms with Gasteiger partial charge in [-0.25, -0.2) is 0 Å². The first-order valence-electron chi connectivity index (χ1n) is 2.02. The van der Waals surface area contributed by atoms with E-state index in [0.29, 0.717) is 0 Å². The van der Waals surface area contributed by atoms with Crippen LogP contribution in [0, 0.1) is 5.41 Å². The van der Waals surface area contributed by atoms with Crippen molar-refractivity contribution in [2.24, 2.45) is 5.41 Å². The van der Waals surface area contributed by atoms with E-state index in [2.05, 4.69) is 0 Å². The molecule has 47 valence electrons. The molecule has 1 nitrogen and oxygen atoms in total. The number of aldehydes is 1. The molecule has 0 aliphatic rings. The number of rotatable bonds is 0. The maximum absolute atomic E-state index is 9.83. The van der Waals surface area contributed by atoms with E-state index in [9.17, 15) is 4.79 Å². The number of hydrogen-bond donors (Lipinski definition) is 0. The number of hydrogen-bond acceptors (Lipinski definition) is 1. The first-order valence-corrected chi connectivity index (χ1v) is 2.02. The SMILES string of the molecule is CC(C)(C)C=O.[Ag]. The van der Waals surface area contributed by atoms with Gasteiger partial charge in [0.1, 0.15) is 6.29 Å². The predicted molar refractivity (Wildman–Crippen MR) is 25.5 cm³/mol. The molecule has 0 saturated heterocycles. The van der Waals surface area contributed by atoms with E-state index < -0.39 is 0 Å². The molecule has 7 heavy (non-hydrogen) atoms. The standard InChI is InChI=1S/C5H10O.Ag/c1-5(2,3)4-6;/h4H,1-3H3;. The largest absolute Gasteiger partial charge is 0.303 e. The zero-order chi connectivity index (χ0) is 5.21. The molecular formula is C5H10AgO. The van der Waals surface area contributed by atoms with Gasteiger partial charge in [0.2, 0.25) is 0 Å². The van der Waals surface area contributed by atoms with Crippen molar-refractivity contribution in [3.8, 4) is 0 Å². The average Bonchev–Trinajstić information content (AvgIpc) is 1.35. The van der Waals surface area contributed by atoms with E-state index in [1.165, 1.54) is 0 Å². The second-order valence-electron chi connectivity index (χ2n) is 2.48. The molecule has 0 amide bonds. The third kappa shape index (κ3) is 10.7. The second-order valence-corrected chi connectivity index (χ2v) is 2.48. The Bertz CT molecular complexity index is 53.6. The van der Waals surface area contributed by atoms with Crippen LogP contribution < -0.4 is 0 Å². The van der Waals surface area contributed by atoms with Crippen molar-refractivity contribution in [2.45, 2.75) is 20.8 Å². The van der Waals surface area contributed by atoms with Crippen LogP contribution in [0.2, 0.25) is 0 Å². The average molecular weight is 194 g/mol. The van der Waals surface area contributed by atoms with Crippen molar-refractivity contribution in [3.05, 3.63) is 0 Å². The van der Waals surface area contributed by atoms with Crippen molar-refractivity contribution in [3.63, 3.8) is 0 Å². The van der Waals surface area contributed by atoms with Crippen molar-refractivity contribution in [1.82, 2.24) is 0 Å². The van der Waals surface area contributed by atoms with Gasteiger partial charge < -0.3 is 4.79 Å². The van der Waals surface area contributed by atoms with Gasteiger partial charge in [0.05, 0.1) is 0 Å². The fraction of sp³-hybridized carbons (Fsp3) is 0.800. The Morgan fingerprint density at radius 1 is 1.29 bits per heavy atom. The molecule has 0 aliphatic heterocycles. The topological polar surface area (TPSA) is 17.1 Å². The molecule has 0 rings (SSSR count). The summed E-state index contributed by atoms with van der Waals surface area (Å²) in [5, 5.41) is 0. The maximum Gasteiger partial charge on any atom is 0.125 e. The smallest absolute Gasteiger partial charge is 0.125 e. The molecule has 0 aromatic carbocycles.